The fourth-order valence-corrected chi connectivity index (χ4v) is 1.96. The van der Waals surface area contributed by atoms with Gasteiger partial charge in [-0.1, -0.05) is 26.3 Å². The van der Waals surface area contributed by atoms with Gasteiger partial charge in [-0.05, 0) is 30.5 Å². The topological polar surface area (TPSA) is 58.6 Å². The summed E-state index contributed by atoms with van der Waals surface area (Å²) in [4.78, 5) is 11.9. The quantitative estimate of drug-likeness (QED) is 0.812. The Morgan fingerprint density at radius 2 is 2.19 bits per heavy atom. The average Bonchev–Trinajstić information content (AvgIpc) is 2.44. The number of nitrogens with one attached hydrogen (secondary N) is 1. The Kier molecular flexibility index (Phi) is 6.15. The van der Waals surface area contributed by atoms with E-state index in [0.29, 0.717) is 5.56 Å². The van der Waals surface area contributed by atoms with Gasteiger partial charge in [0.05, 0.1) is 19.1 Å². The number of hydrogen-bond donors (Lipinski definition) is 2. The lowest BCUT2D eigenvalue weighted by atomic mass is 9.88. The summed E-state index contributed by atoms with van der Waals surface area (Å²) in [6.07, 6.45) is 0.893. The molecule has 118 valence electrons. The molecule has 1 amide bonds. The van der Waals surface area contributed by atoms with E-state index in [1.54, 1.807) is 13.0 Å². The molecule has 1 aromatic rings. The normalized spacial score (nSPS) is 15.1. The minimum Gasteiger partial charge on any atom is -0.494 e. The number of aliphatic hydroxyl groups is 1. The number of halogens is 1. The number of hydrogen-bond acceptors (Lipinski definition) is 3. The fourth-order valence-electron chi connectivity index (χ4n) is 1.96. The molecule has 0 aliphatic carbocycles. The molecule has 1 rings (SSSR count). The van der Waals surface area contributed by atoms with Crippen LogP contribution in [-0.2, 0) is 11.2 Å². The number of benzene rings is 1. The lowest BCUT2D eigenvalue weighted by molar-refractivity contribution is -0.122. The van der Waals surface area contributed by atoms with Crippen LogP contribution in [0, 0.1) is 11.7 Å². The third-order valence-corrected chi connectivity index (χ3v) is 3.90. The van der Waals surface area contributed by atoms with Gasteiger partial charge < -0.3 is 15.2 Å². The van der Waals surface area contributed by atoms with Crippen LogP contribution < -0.4 is 10.1 Å². The summed E-state index contributed by atoms with van der Waals surface area (Å²) in [6, 6.07) is 4.42. The Morgan fingerprint density at radius 1 is 1.52 bits per heavy atom. The molecule has 4 nitrogen and oxygen atoms in total. The largest absolute Gasteiger partial charge is 0.494 e. The molecule has 0 saturated heterocycles. The number of amides is 1. The number of carbonyl (C=O) groups is 1. The molecule has 0 radical (unpaired) electrons. The van der Waals surface area contributed by atoms with Crippen molar-refractivity contribution >= 4 is 5.91 Å². The van der Waals surface area contributed by atoms with Gasteiger partial charge in [0.15, 0.2) is 11.6 Å². The standard InChI is InChI=1S/C16H24FNO3/c1-5-11(2)16(3,20)10-18-15(19)9-12-6-7-14(21-4)13(17)8-12/h6-8,11,20H,5,9-10H2,1-4H3,(H,18,19). The molecule has 2 unspecified atom stereocenters. The van der Waals surface area contributed by atoms with E-state index >= 15 is 0 Å². The Morgan fingerprint density at radius 3 is 2.71 bits per heavy atom. The zero-order valence-corrected chi connectivity index (χ0v) is 13.1. The van der Waals surface area contributed by atoms with Crippen molar-refractivity contribution in [1.29, 1.82) is 0 Å². The highest BCUT2D eigenvalue weighted by atomic mass is 19.1. The number of rotatable bonds is 7. The number of ether oxygens (including phenoxy) is 1. The molecule has 2 atom stereocenters. The van der Waals surface area contributed by atoms with Crippen LogP contribution in [0.2, 0.25) is 0 Å². The first-order valence-electron chi connectivity index (χ1n) is 7.11. The Hall–Kier alpha value is -1.62. The molecule has 0 aromatic heterocycles. The van der Waals surface area contributed by atoms with Crippen LogP contribution in [0.25, 0.3) is 0 Å². The predicted octanol–water partition coefficient (Wildman–Crippen LogP) is 2.29. The molecule has 0 aliphatic rings. The van der Waals surface area contributed by atoms with E-state index < -0.39 is 11.4 Å². The minimum atomic E-state index is -0.949. The third-order valence-electron chi connectivity index (χ3n) is 3.90. The Bertz CT molecular complexity index is 488. The van der Waals surface area contributed by atoms with Crippen LogP contribution in [0.4, 0.5) is 4.39 Å². The van der Waals surface area contributed by atoms with Gasteiger partial charge in [-0.3, -0.25) is 4.79 Å². The van der Waals surface area contributed by atoms with E-state index in [-0.39, 0.29) is 30.5 Å². The van der Waals surface area contributed by atoms with E-state index in [0.717, 1.165) is 6.42 Å². The molecule has 21 heavy (non-hydrogen) atoms. The summed E-state index contributed by atoms with van der Waals surface area (Å²) < 4.78 is 18.4. The average molecular weight is 297 g/mol. The molecule has 2 N–H and O–H groups in total. The maximum atomic E-state index is 13.5. The second-order valence-corrected chi connectivity index (χ2v) is 5.59. The van der Waals surface area contributed by atoms with Gasteiger partial charge in [-0.25, -0.2) is 4.39 Å². The summed E-state index contributed by atoms with van der Waals surface area (Å²) in [6.45, 7) is 5.81. The van der Waals surface area contributed by atoms with Crippen LogP contribution in [0.5, 0.6) is 5.75 Å². The van der Waals surface area contributed by atoms with Crippen molar-refractivity contribution in [1.82, 2.24) is 5.32 Å². The first kappa shape index (κ1) is 17.4. The van der Waals surface area contributed by atoms with E-state index in [9.17, 15) is 14.3 Å². The summed E-state index contributed by atoms with van der Waals surface area (Å²) in [7, 11) is 1.39. The van der Waals surface area contributed by atoms with Crippen molar-refractivity contribution in [3.05, 3.63) is 29.6 Å². The minimum absolute atomic E-state index is 0.0670. The van der Waals surface area contributed by atoms with Crippen LogP contribution in [0.3, 0.4) is 0 Å². The number of carbonyl (C=O) groups excluding carboxylic acids is 1. The zero-order valence-electron chi connectivity index (χ0n) is 13.1. The monoisotopic (exact) mass is 297 g/mol. The maximum absolute atomic E-state index is 13.5. The van der Waals surface area contributed by atoms with E-state index in [4.69, 9.17) is 4.74 Å². The second kappa shape index (κ2) is 7.41. The van der Waals surface area contributed by atoms with Gasteiger partial charge >= 0.3 is 0 Å². The van der Waals surface area contributed by atoms with Crippen molar-refractivity contribution < 1.29 is 19.0 Å². The lowest BCUT2D eigenvalue weighted by Crippen LogP contribution is -2.45. The SMILES string of the molecule is CCC(C)C(C)(O)CNC(=O)Cc1ccc(OC)c(F)c1. The Balaban J connectivity index is 2.56. The summed E-state index contributed by atoms with van der Waals surface area (Å²) in [5.41, 5.74) is -0.385. The van der Waals surface area contributed by atoms with E-state index in [1.807, 2.05) is 13.8 Å². The van der Waals surface area contributed by atoms with Crippen LogP contribution >= 0.6 is 0 Å². The van der Waals surface area contributed by atoms with Gasteiger partial charge in [-0.15, -0.1) is 0 Å². The summed E-state index contributed by atoms with van der Waals surface area (Å²) in [5.74, 6) is -0.507. The van der Waals surface area contributed by atoms with Crippen molar-refractivity contribution in [2.75, 3.05) is 13.7 Å². The van der Waals surface area contributed by atoms with Gasteiger partial charge in [0.2, 0.25) is 5.91 Å². The molecule has 0 aliphatic heterocycles. The first-order valence-corrected chi connectivity index (χ1v) is 7.11. The second-order valence-electron chi connectivity index (χ2n) is 5.59. The highest BCUT2D eigenvalue weighted by Crippen LogP contribution is 2.19. The van der Waals surface area contributed by atoms with Crippen molar-refractivity contribution in [2.45, 2.75) is 39.2 Å². The predicted molar refractivity (Wildman–Crippen MR) is 79.7 cm³/mol. The molecular formula is C16H24FNO3. The summed E-state index contributed by atoms with van der Waals surface area (Å²) >= 11 is 0. The molecule has 0 bridgehead atoms. The third kappa shape index (κ3) is 5.01. The van der Waals surface area contributed by atoms with Crippen molar-refractivity contribution in [3.8, 4) is 5.75 Å². The highest BCUT2D eigenvalue weighted by Gasteiger charge is 2.27. The first-order chi connectivity index (χ1) is 9.80. The molecule has 0 spiro atoms. The molecule has 0 fully saturated rings. The van der Waals surface area contributed by atoms with Gasteiger partial charge in [0.1, 0.15) is 0 Å². The van der Waals surface area contributed by atoms with E-state index in [2.05, 4.69) is 5.32 Å². The van der Waals surface area contributed by atoms with Gasteiger partial charge in [0.25, 0.3) is 0 Å². The molecule has 0 saturated carbocycles. The lowest BCUT2D eigenvalue weighted by Gasteiger charge is -2.29. The van der Waals surface area contributed by atoms with Crippen LogP contribution in [0.1, 0.15) is 32.8 Å². The van der Waals surface area contributed by atoms with E-state index in [1.165, 1.54) is 19.2 Å². The molecule has 1 aromatic carbocycles. The molecular weight excluding hydrogens is 273 g/mol. The highest BCUT2D eigenvalue weighted by molar-refractivity contribution is 5.78. The maximum Gasteiger partial charge on any atom is 0.224 e. The zero-order chi connectivity index (χ0) is 16.0. The smallest absolute Gasteiger partial charge is 0.224 e. The van der Waals surface area contributed by atoms with Crippen molar-refractivity contribution in [3.63, 3.8) is 0 Å². The van der Waals surface area contributed by atoms with Crippen molar-refractivity contribution in [2.24, 2.45) is 5.92 Å². The number of methoxy groups -OCH3 is 1. The van der Waals surface area contributed by atoms with Gasteiger partial charge in [-0.2, -0.15) is 0 Å². The van der Waals surface area contributed by atoms with Crippen LogP contribution in [-0.4, -0.2) is 30.3 Å². The molecule has 5 heteroatoms. The van der Waals surface area contributed by atoms with Crippen LogP contribution in [0.15, 0.2) is 18.2 Å². The fraction of sp³-hybridized carbons (Fsp3) is 0.562. The van der Waals surface area contributed by atoms with Gasteiger partial charge in [0, 0.05) is 6.54 Å². The molecule has 0 heterocycles. The summed E-state index contributed by atoms with van der Waals surface area (Å²) in [5, 5.41) is 12.9. The Labute approximate surface area is 125 Å².